The van der Waals surface area contributed by atoms with E-state index in [1.807, 2.05) is 0 Å². The van der Waals surface area contributed by atoms with Gasteiger partial charge in [-0.05, 0) is 42.2 Å². The smallest absolute Gasteiger partial charge is 0.0494 e. The first-order valence-electron chi connectivity index (χ1n) is 5.90. The van der Waals surface area contributed by atoms with Gasteiger partial charge in [-0.3, -0.25) is 0 Å². The summed E-state index contributed by atoms with van der Waals surface area (Å²) in [7, 11) is 0. The molecule has 0 saturated carbocycles. The minimum Gasteiger partial charge on any atom is -0.380 e. The second-order valence-corrected chi connectivity index (χ2v) is 5.55. The first-order valence-corrected chi connectivity index (χ1v) is 6.78. The lowest BCUT2D eigenvalue weighted by atomic mass is 9.90. The third-order valence-electron chi connectivity index (χ3n) is 3.12. The Bertz CT molecular complexity index is 375. The van der Waals surface area contributed by atoms with Gasteiger partial charge in [-0.1, -0.05) is 25.6 Å². The Morgan fingerprint density at radius 2 is 2.50 bits per heavy atom. The van der Waals surface area contributed by atoms with Gasteiger partial charge >= 0.3 is 0 Å². The van der Waals surface area contributed by atoms with Crippen molar-refractivity contribution in [2.24, 2.45) is 5.92 Å². The van der Waals surface area contributed by atoms with Gasteiger partial charge in [0.05, 0.1) is 0 Å². The average Bonchev–Trinajstić information content (AvgIpc) is 2.80. The molecule has 0 aromatic carbocycles. The Morgan fingerprint density at radius 3 is 3.12 bits per heavy atom. The van der Waals surface area contributed by atoms with Crippen molar-refractivity contribution < 1.29 is 0 Å². The topological polar surface area (TPSA) is 12.0 Å². The van der Waals surface area contributed by atoms with Crippen molar-refractivity contribution in [1.29, 1.82) is 0 Å². The molecule has 86 valence electrons. The molecule has 2 rings (SSSR count). The molecule has 0 aliphatic heterocycles. The Balaban J connectivity index is 1.84. The maximum absolute atomic E-state index is 4.13. The number of hydrogen-bond donors (Lipinski definition) is 1. The molecule has 1 aliphatic carbocycles. The third kappa shape index (κ3) is 2.99. The standard InChI is InChI=1S/C14H19NS/c1-11-5-7-13(8-6-11)12(2)15-10-14-4-3-9-16-14/h3-4,7,9,11,15H,2,5-6,8,10H2,1H3. The van der Waals surface area contributed by atoms with Gasteiger partial charge in [-0.2, -0.15) is 0 Å². The Kier molecular flexibility index (Phi) is 3.83. The first-order chi connectivity index (χ1) is 7.75. The van der Waals surface area contributed by atoms with Crippen molar-refractivity contribution in [3.63, 3.8) is 0 Å². The van der Waals surface area contributed by atoms with Crippen LogP contribution in [-0.2, 0) is 6.54 Å². The van der Waals surface area contributed by atoms with Gasteiger partial charge in [0.25, 0.3) is 0 Å². The highest BCUT2D eigenvalue weighted by Crippen LogP contribution is 2.26. The van der Waals surface area contributed by atoms with E-state index in [4.69, 9.17) is 0 Å². The number of hydrogen-bond acceptors (Lipinski definition) is 2. The van der Waals surface area contributed by atoms with Crippen molar-refractivity contribution in [2.75, 3.05) is 0 Å². The van der Waals surface area contributed by atoms with Gasteiger partial charge in [0.2, 0.25) is 0 Å². The van der Waals surface area contributed by atoms with Crippen LogP contribution in [0, 0.1) is 5.92 Å². The van der Waals surface area contributed by atoms with E-state index in [9.17, 15) is 0 Å². The lowest BCUT2D eigenvalue weighted by Crippen LogP contribution is -2.15. The lowest BCUT2D eigenvalue weighted by molar-refractivity contribution is 0.513. The molecular formula is C14H19NS. The zero-order valence-electron chi connectivity index (χ0n) is 9.83. The van der Waals surface area contributed by atoms with Crippen molar-refractivity contribution in [1.82, 2.24) is 5.32 Å². The molecule has 1 nitrogen and oxygen atoms in total. The molecule has 1 aromatic rings. The molecular weight excluding hydrogens is 214 g/mol. The first kappa shape index (κ1) is 11.5. The maximum Gasteiger partial charge on any atom is 0.0494 e. The van der Waals surface area contributed by atoms with Crippen LogP contribution in [0.15, 0.2) is 41.4 Å². The molecule has 1 heterocycles. The molecule has 0 amide bonds. The number of allylic oxidation sites excluding steroid dienone is 2. The Morgan fingerprint density at radius 1 is 1.62 bits per heavy atom. The summed E-state index contributed by atoms with van der Waals surface area (Å²) in [5.41, 5.74) is 2.52. The average molecular weight is 233 g/mol. The summed E-state index contributed by atoms with van der Waals surface area (Å²) in [6.45, 7) is 7.35. The van der Waals surface area contributed by atoms with Crippen molar-refractivity contribution in [3.8, 4) is 0 Å². The molecule has 0 radical (unpaired) electrons. The van der Waals surface area contributed by atoms with Gasteiger partial charge in [-0.25, -0.2) is 0 Å². The van der Waals surface area contributed by atoms with Crippen LogP contribution >= 0.6 is 11.3 Å². The summed E-state index contributed by atoms with van der Waals surface area (Å²) in [6, 6.07) is 4.24. The molecule has 0 fully saturated rings. The second kappa shape index (κ2) is 5.35. The van der Waals surface area contributed by atoms with Crippen molar-refractivity contribution in [2.45, 2.75) is 32.7 Å². The summed E-state index contributed by atoms with van der Waals surface area (Å²) >= 11 is 1.79. The molecule has 1 aliphatic rings. The molecule has 0 saturated heterocycles. The fourth-order valence-corrected chi connectivity index (χ4v) is 2.60. The quantitative estimate of drug-likeness (QED) is 0.825. The zero-order chi connectivity index (χ0) is 11.4. The summed E-state index contributed by atoms with van der Waals surface area (Å²) in [4.78, 5) is 1.37. The van der Waals surface area contributed by atoms with Gasteiger partial charge in [0, 0.05) is 17.1 Å². The van der Waals surface area contributed by atoms with Crippen LogP contribution in [0.4, 0.5) is 0 Å². The lowest BCUT2D eigenvalue weighted by Gasteiger charge is -2.20. The fraction of sp³-hybridized carbons (Fsp3) is 0.429. The minimum atomic E-state index is 0.842. The molecule has 16 heavy (non-hydrogen) atoms. The Hall–Kier alpha value is -1.02. The van der Waals surface area contributed by atoms with Crippen LogP contribution in [0.3, 0.4) is 0 Å². The van der Waals surface area contributed by atoms with Crippen molar-refractivity contribution >= 4 is 11.3 Å². The van der Waals surface area contributed by atoms with E-state index in [0.29, 0.717) is 0 Å². The van der Waals surface area contributed by atoms with Crippen LogP contribution in [0.25, 0.3) is 0 Å². The minimum absolute atomic E-state index is 0.842. The Labute approximate surface area is 102 Å². The molecule has 1 atom stereocenters. The van der Waals surface area contributed by atoms with Gasteiger partial charge in [0.15, 0.2) is 0 Å². The summed E-state index contributed by atoms with van der Waals surface area (Å²) < 4.78 is 0. The predicted molar refractivity (Wildman–Crippen MR) is 71.4 cm³/mol. The number of nitrogens with one attached hydrogen (secondary N) is 1. The van der Waals surface area contributed by atoms with Crippen LogP contribution in [0.5, 0.6) is 0 Å². The highest BCUT2D eigenvalue weighted by Gasteiger charge is 2.11. The molecule has 0 spiro atoms. The largest absolute Gasteiger partial charge is 0.380 e. The van der Waals surface area contributed by atoms with E-state index in [1.165, 1.54) is 29.7 Å². The molecule has 1 unspecified atom stereocenters. The van der Waals surface area contributed by atoms with E-state index in [0.717, 1.165) is 18.2 Å². The molecule has 2 heteroatoms. The maximum atomic E-state index is 4.13. The van der Waals surface area contributed by atoms with Gasteiger partial charge in [-0.15, -0.1) is 11.3 Å². The molecule has 1 N–H and O–H groups in total. The fourth-order valence-electron chi connectivity index (χ4n) is 1.96. The zero-order valence-corrected chi connectivity index (χ0v) is 10.6. The molecule has 0 bridgehead atoms. The van der Waals surface area contributed by atoms with Crippen LogP contribution in [0.1, 0.15) is 31.1 Å². The highest BCUT2D eigenvalue weighted by molar-refractivity contribution is 7.09. The van der Waals surface area contributed by atoms with Crippen LogP contribution < -0.4 is 5.32 Å². The summed E-state index contributed by atoms with van der Waals surface area (Å²) in [5, 5.41) is 5.53. The monoisotopic (exact) mass is 233 g/mol. The highest BCUT2D eigenvalue weighted by atomic mass is 32.1. The number of rotatable bonds is 4. The predicted octanol–water partition coefficient (Wildman–Crippen LogP) is 4.10. The molecule has 1 aromatic heterocycles. The SMILES string of the molecule is C=C(NCc1cccs1)C1=CCC(C)CC1. The van der Waals surface area contributed by atoms with Gasteiger partial charge in [0.1, 0.15) is 0 Å². The van der Waals surface area contributed by atoms with E-state index < -0.39 is 0 Å². The van der Waals surface area contributed by atoms with E-state index in [1.54, 1.807) is 11.3 Å². The normalized spacial score (nSPS) is 20.3. The third-order valence-corrected chi connectivity index (χ3v) is 3.99. The van der Waals surface area contributed by atoms with Gasteiger partial charge < -0.3 is 5.32 Å². The van der Waals surface area contributed by atoms with E-state index in [2.05, 4.69) is 42.4 Å². The number of thiophene rings is 1. The van der Waals surface area contributed by atoms with Crippen LogP contribution in [-0.4, -0.2) is 0 Å². The van der Waals surface area contributed by atoms with E-state index >= 15 is 0 Å². The van der Waals surface area contributed by atoms with Crippen LogP contribution in [0.2, 0.25) is 0 Å². The van der Waals surface area contributed by atoms with Crippen molar-refractivity contribution in [3.05, 3.63) is 46.3 Å². The summed E-state index contributed by atoms with van der Waals surface area (Å²) in [5.74, 6) is 0.842. The summed E-state index contributed by atoms with van der Waals surface area (Å²) in [6.07, 6.45) is 6.02. The second-order valence-electron chi connectivity index (χ2n) is 4.52. The van der Waals surface area contributed by atoms with E-state index in [-0.39, 0.29) is 0 Å².